The van der Waals surface area contributed by atoms with Gasteiger partial charge in [-0.05, 0) is 0 Å². The molecule has 0 aliphatic carbocycles. The Morgan fingerprint density at radius 3 is 0.842 bits per heavy atom. The molecular formula is C12H26O6Sn. The van der Waals surface area contributed by atoms with Gasteiger partial charge in [-0.25, -0.2) is 0 Å². The number of carbonyl (C=O) groups is 3. The Hall–Kier alpha value is -0.791. The molecule has 0 fully saturated rings. The third-order valence-corrected chi connectivity index (χ3v) is 2.84. The van der Waals surface area contributed by atoms with Gasteiger partial charge in [-0.1, -0.05) is 20.8 Å². The summed E-state index contributed by atoms with van der Waals surface area (Å²) in [4.78, 5) is 28.1. The Kier molecular flexibility index (Phi) is 36.4. The molecule has 0 aliphatic rings. The molecule has 0 aromatic carbocycles. The van der Waals surface area contributed by atoms with Crippen LogP contribution in [0.15, 0.2) is 0 Å². The van der Waals surface area contributed by atoms with E-state index in [2.05, 4.69) is 6.92 Å². The molecule has 0 aliphatic heterocycles. The van der Waals surface area contributed by atoms with Gasteiger partial charge in [-0.3, -0.25) is 14.4 Å². The first-order valence-electron chi connectivity index (χ1n) is 6.08. The molecule has 0 saturated heterocycles. The first-order chi connectivity index (χ1) is 8.72. The van der Waals surface area contributed by atoms with Crippen molar-refractivity contribution in [1.29, 1.82) is 0 Å². The van der Waals surface area contributed by atoms with Crippen LogP contribution in [0, 0.1) is 0 Å². The van der Waals surface area contributed by atoms with Crippen molar-refractivity contribution in [3.8, 4) is 0 Å². The summed E-state index contributed by atoms with van der Waals surface area (Å²) in [6.07, 6.45) is 2.04. The molecule has 0 bridgehead atoms. The van der Waals surface area contributed by atoms with Gasteiger partial charge < -0.3 is 15.3 Å². The van der Waals surface area contributed by atoms with E-state index in [9.17, 15) is 14.4 Å². The Bertz CT molecular complexity index is 183. The monoisotopic (exact) mass is 386 g/mol. The average Bonchev–Trinajstić information content (AvgIpc) is 2.40. The SMILES string of the molecule is CCC(=O)O.CCC(=O)O.CCC(=O)O.CC[CH2][SnH]. The van der Waals surface area contributed by atoms with Crippen LogP contribution in [0.1, 0.15) is 53.4 Å². The topological polar surface area (TPSA) is 112 Å². The first kappa shape index (κ1) is 26.7. The van der Waals surface area contributed by atoms with Crippen molar-refractivity contribution >= 4 is 40.4 Å². The van der Waals surface area contributed by atoms with Crippen LogP contribution in [0.4, 0.5) is 0 Å². The third-order valence-electron chi connectivity index (χ3n) is 1.20. The third kappa shape index (κ3) is 103. The van der Waals surface area contributed by atoms with Crippen molar-refractivity contribution in [3.05, 3.63) is 0 Å². The van der Waals surface area contributed by atoms with Gasteiger partial charge in [-0.15, -0.1) is 0 Å². The van der Waals surface area contributed by atoms with Gasteiger partial charge in [0.05, 0.1) is 0 Å². The van der Waals surface area contributed by atoms with Crippen LogP contribution in [0.25, 0.3) is 0 Å². The minimum absolute atomic E-state index is 0.222. The van der Waals surface area contributed by atoms with E-state index in [1.807, 2.05) is 0 Å². The predicted molar refractivity (Wildman–Crippen MR) is 76.0 cm³/mol. The number of aliphatic carboxylic acids is 3. The zero-order valence-corrected chi connectivity index (χ0v) is 15.5. The molecule has 0 rings (SSSR count). The molecule has 0 unspecified atom stereocenters. The Morgan fingerprint density at radius 1 is 0.737 bits per heavy atom. The van der Waals surface area contributed by atoms with Crippen molar-refractivity contribution in [2.24, 2.45) is 0 Å². The minimum atomic E-state index is -0.745. The standard InChI is InChI=1S/3C3H6O2.C3H7.Sn.H/c3*1-2-3(4)5;1-3-2;;/h3*2H2,1H3,(H,4,5);1,3H2,2H3;;. The first-order valence-corrected chi connectivity index (χ1v) is 8.41. The van der Waals surface area contributed by atoms with Crippen molar-refractivity contribution in [2.75, 3.05) is 0 Å². The molecule has 0 atom stereocenters. The number of carboxylic acid groups (broad SMARTS) is 3. The summed E-state index contributed by atoms with van der Waals surface area (Å²) in [5.41, 5.74) is 0. The van der Waals surface area contributed by atoms with E-state index in [-0.39, 0.29) is 19.3 Å². The summed E-state index contributed by atoms with van der Waals surface area (Å²) in [5, 5.41) is 23.2. The van der Waals surface area contributed by atoms with Gasteiger partial charge in [0.25, 0.3) is 0 Å². The summed E-state index contributed by atoms with van der Waals surface area (Å²) < 4.78 is 1.45. The fourth-order valence-corrected chi connectivity index (χ4v) is 0. The van der Waals surface area contributed by atoms with E-state index in [0.29, 0.717) is 0 Å². The van der Waals surface area contributed by atoms with Crippen molar-refractivity contribution < 1.29 is 29.7 Å². The van der Waals surface area contributed by atoms with E-state index in [0.717, 1.165) is 0 Å². The molecular weight excluding hydrogens is 359 g/mol. The summed E-state index contributed by atoms with van der Waals surface area (Å²) in [6.45, 7) is 7.01. The van der Waals surface area contributed by atoms with Crippen LogP contribution < -0.4 is 0 Å². The summed E-state index contributed by atoms with van der Waals surface area (Å²) in [5.74, 6) is -2.24. The van der Waals surface area contributed by atoms with Crippen LogP contribution in [0.3, 0.4) is 0 Å². The number of carboxylic acids is 3. The molecule has 0 aromatic rings. The molecule has 114 valence electrons. The second-order valence-electron chi connectivity index (χ2n) is 3.03. The van der Waals surface area contributed by atoms with Crippen LogP contribution in [-0.4, -0.2) is 55.8 Å². The van der Waals surface area contributed by atoms with Crippen molar-refractivity contribution in [2.45, 2.75) is 57.8 Å². The van der Waals surface area contributed by atoms with Crippen LogP contribution >= 0.6 is 0 Å². The average molecular weight is 385 g/mol. The number of hydrogen-bond donors (Lipinski definition) is 3. The van der Waals surface area contributed by atoms with Gasteiger partial charge in [0.15, 0.2) is 0 Å². The Morgan fingerprint density at radius 2 is 0.842 bits per heavy atom. The predicted octanol–water partition coefficient (Wildman–Crippen LogP) is 2.16. The second-order valence-corrected chi connectivity index (χ2v) is 4.68. The number of rotatable bonds is 4. The normalized spacial score (nSPS) is 7.42. The zero-order chi connectivity index (χ0) is 16.3. The molecule has 2 radical (unpaired) electrons. The van der Waals surface area contributed by atoms with Crippen molar-refractivity contribution in [3.63, 3.8) is 0 Å². The van der Waals surface area contributed by atoms with E-state index < -0.39 is 17.9 Å². The Balaban J connectivity index is -0.0000000793. The van der Waals surface area contributed by atoms with E-state index in [4.69, 9.17) is 15.3 Å². The molecule has 19 heavy (non-hydrogen) atoms. The van der Waals surface area contributed by atoms with Crippen LogP contribution in [-0.2, 0) is 14.4 Å². The van der Waals surface area contributed by atoms with Gasteiger partial charge in [0, 0.05) is 19.3 Å². The maximum atomic E-state index is 9.37. The summed E-state index contributed by atoms with van der Waals surface area (Å²) in [6, 6.07) is 0. The van der Waals surface area contributed by atoms with E-state index >= 15 is 0 Å². The summed E-state index contributed by atoms with van der Waals surface area (Å²) in [7, 11) is 0. The molecule has 0 amide bonds. The number of hydrogen-bond acceptors (Lipinski definition) is 3. The fourth-order valence-electron chi connectivity index (χ4n) is 0. The zero-order valence-electron chi connectivity index (χ0n) is 12.2. The quantitative estimate of drug-likeness (QED) is 0.640. The summed E-state index contributed by atoms with van der Waals surface area (Å²) >= 11 is 1.44. The molecule has 7 heteroatoms. The van der Waals surface area contributed by atoms with Crippen LogP contribution in [0.5, 0.6) is 0 Å². The molecule has 0 saturated carbocycles. The van der Waals surface area contributed by atoms with E-state index in [1.54, 1.807) is 20.8 Å². The van der Waals surface area contributed by atoms with Gasteiger partial charge in [-0.2, -0.15) is 0 Å². The van der Waals surface area contributed by atoms with Crippen LogP contribution in [0.2, 0.25) is 4.44 Å². The molecule has 6 nitrogen and oxygen atoms in total. The maximum absolute atomic E-state index is 9.37. The van der Waals surface area contributed by atoms with Crippen molar-refractivity contribution in [1.82, 2.24) is 0 Å². The molecule has 0 heterocycles. The molecule has 0 aromatic heterocycles. The molecule has 3 N–H and O–H groups in total. The Labute approximate surface area is 128 Å². The van der Waals surface area contributed by atoms with Gasteiger partial charge in [0.1, 0.15) is 0 Å². The second kappa shape index (κ2) is 25.9. The molecule has 0 spiro atoms. The van der Waals surface area contributed by atoms with Gasteiger partial charge >= 0.3 is 58.2 Å². The van der Waals surface area contributed by atoms with E-state index in [1.165, 1.54) is 33.4 Å². The fraction of sp³-hybridized carbons (Fsp3) is 0.750. The van der Waals surface area contributed by atoms with Gasteiger partial charge in [0.2, 0.25) is 0 Å².